The summed E-state index contributed by atoms with van der Waals surface area (Å²) in [6, 6.07) is 8.31. The van der Waals surface area contributed by atoms with Gasteiger partial charge in [0.25, 0.3) is 0 Å². The zero-order chi connectivity index (χ0) is 13.4. The fourth-order valence-corrected chi connectivity index (χ4v) is 1.84. The Bertz CT molecular complexity index is 797. The highest BCUT2D eigenvalue weighted by atomic mass is 19.1. The molecule has 0 fully saturated rings. The molecule has 0 aliphatic heterocycles. The van der Waals surface area contributed by atoms with Crippen LogP contribution in [0.1, 0.15) is 5.56 Å². The van der Waals surface area contributed by atoms with Gasteiger partial charge in [-0.1, -0.05) is 0 Å². The number of nitriles is 1. The normalized spacial score (nSPS) is 10.6. The average Bonchev–Trinajstić information content (AvgIpc) is 2.80. The second kappa shape index (κ2) is 4.14. The third kappa shape index (κ3) is 1.91. The minimum absolute atomic E-state index is 0.264. The van der Waals surface area contributed by atoms with E-state index >= 15 is 0 Å². The minimum atomic E-state index is -0.691. The van der Waals surface area contributed by atoms with Crippen LogP contribution >= 0.6 is 0 Å². The fraction of sp³-hybridized carbons (Fsp3) is 0. The van der Waals surface area contributed by atoms with E-state index in [9.17, 15) is 8.78 Å². The summed E-state index contributed by atoms with van der Waals surface area (Å²) in [6.07, 6.45) is 1.52. The summed E-state index contributed by atoms with van der Waals surface area (Å²) in [4.78, 5) is 0. The highest BCUT2D eigenvalue weighted by Gasteiger charge is 2.11. The average molecular weight is 256 g/mol. The van der Waals surface area contributed by atoms with Crippen molar-refractivity contribution < 1.29 is 8.78 Å². The molecule has 0 atom stereocenters. The number of aromatic nitrogens is 3. The predicted molar refractivity (Wildman–Crippen MR) is 63.1 cm³/mol. The van der Waals surface area contributed by atoms with Crippen LogP contribution in [0.25, 0.3) is 17.0 Å². The molecule has 1 aromatic carbocycles. The Balaban J connectivity index is 2.27. The molecule has 0 aliphatic carbocycles. The van der Waals surface area contributed by atoms with Gasteiger partial charge in [0, 0.05) is 17.8 Å². The van der Waals surface area contributed by atoms with Gasteiger partial charge in [-0.15, -0.1) is 10.2 Å². The van der Waals surface area contributed by atoms with Gasteiger partial charge in [-0.2, -0.15) is 5.26 Å². The summed E-state index contributed by atoms with van der Waals surface area (Å²) in [5.74, 6) is -1.10. The smallest absolute Gasteiger partial charge is 0.168 e. The lowest BCUT2D eigenvalue weighted by atomic mass is 10.2. The van der Waals surface area contributed by atoms with E-state index in [0.29, 0.717) is 11.2 Å². The van der Waals surface area contributed by atoms with Crippen LogP contribution in [0.4, 0.5) is 8.78 Å². The topological polar surface area (TPSA) is 54.0 Å². The first kappa shape index (κ1) is 11.3. The van der Waals surface area contributed by atoms with E-state index in [1.165, 1.54) is 22.7 Å². The number of hydrogen-bond acceptors (Lipinski definition) is 3. The van der Waals surface area contributed by atoms with E-state index < -0.39 is 11.6 Å². The second-order valence-corrected chi connectivity index (χ2v) is 3.94. The summed E-state index contributed by atoms with van der Waals surface area (Å²) < 4.78 is 28.0. The van der Waals surface area contributed by atoms with Crippen molar-refractivity contribution in [3.8, 4) is 17.5 Å². The van der Waals surface area contributed by atoms with E-state index in [1.54, 1.807) is 12.1 Å². The van der Waals surface area contributed by atoms with Crippen LogP contribution in [0.2, 0.25) is 0 Å². The van der Waals surface area contributed by atoms with Gasteiger partial charge >= 0.3 is 0 Å². The molecule has 0 amide bonds. The Labute approximate surface area is 106 Å². The first-order valence-corrected chi connectivity index (χ1v) is 5.39. The van der Waals surface area contributed by atoms with Crippen molar-refractivity contribution in [2.75, 3.05) is 0 Å². The molecule has 92 valence electrons. The molecule has 3 aromatic rings. The zero-order valence-electron chi connectivity index (χ0n) is 9.51. The molecule has 2 aromatic heterocycles. The van der Waals surface area contributed by atoms with Crippen molar-refractivity contribution in [2.24, 2.45) is 0 Å². The third-order valence-corrected chi connectivity index (χ3v) is 2.65. The van der Waals surface area contributed by atoms with Crippen LogP contribution in [-0.2, 0) is 0 Å². The van der Waals surface area contributed by atoms with E-state index in [1.807, 2.05) is 6.07 Å². The Kier molecular flexibility index (Phi) is 2.46. The lowest BCUT2D eigenvalue weighted by Crippen LogP contribution is -1.92. The molecule has 19 heavy (non-hydrogen) atoms. The van der Waals surface area contributed by atoms with Gasteiger partial charge in [0.05, 0.1) is 5.56 Å². The molecule has 0 unspecified atom stereocenters. The van der Waals surface area contributed by atoms with Crippen molar-refractivity contribution >= 4 is 5.65 Å². The summed E-state index contributed by atoms with van der Waals surface area (Å²) in [5.41, 5.74) is 1.17. The maximum absolute atomic E-state index is 13.2. The van der Waals surface area contributed by atoms with Gasteiger partial charge in [0.1, 0.15) is 17.7 Å². The van der Waals surface area contributed by atoms with Gasteiger partial charge in [0.15, 0.2) is 11.5 Å². The van der Waals surface area contributed by atoms with Crippen LogP contribution < -0.4 is 0 Å². The van der Waals surface area contributed by atoms with Gasteiger partial charge in [0.2, 0.25) is 0 Å². The number of benzene rings is 1. The number of fused-ring (bicyclic) bond motifs is 1. The molecule has 4 nitrogen and oxygen atoms in total. The van der Waals surface area contributed by atoms with E-state index in [4.69, 9.17) is 5.26 Å². The highest BCUT2D eigenvalue weighted by molar-refractivity contribution is 5.60. The number of hydrogen-bond donors (Lipinski definition) is 0. The molecular formula is C13H6F2N4. The molecule has 0 bridgehead atoms. The molecular weight excluding hydrogens is 250 g/mol. The van der Waals surface area contributed by atoms with Crippen LogP contribution in [0.15, 0.2) is 36.5 Å². The van der Waals surface area contributed by atoms with Gasteiger partial charge < -0.3 is 0 Å². The lowest BCUT2D eigenvalue weighted by Gasteiger charge is -2.01. The van der Waals surface area contributed by atoms with E-state index in [2.05, 4.69) is 10.2 Å². The third-order valence-electron chi connectivity index (χ3n) is 2.65. The number of nitrogens with zero attached hydrogens (tertiary/aromatic N) is 4. The largest absolute Gasteiger partial charge is 0.281 e. The molecule has 0 spiro atoms. The number of halogens is 2. The predicted octanol–water partition coefficient (Wildman–Crippen LogP) is 2.55. The first-order chi connectivity index (χ1) is 9.17. The molecule has 0 N–H and O–H groups in total. The van der Waals surface area contributed by atoms with Gasteiger partial charge in [-0.3, -0.25) is 4.40 Å². The molecule has 2 heterocycles. The quantitative estimate of drug-likeness (QED) is 0.672. The molecule has 0 saturated heterocycles. The Morgan fingerprint density at radius 3 is 2.47 bits per heavy atom. The summed E-state index contributed by atoms with van der Waals surface area (Å²) >= 11 is 0. The summed E-state index contributed by atoms with van der Waals surface area (Å²) in [6.45, 7) is 0. The van der Waals surface area contributed by atoms with E-state index in [-0.39, 0.29) is 11.4 Å². The zero-order valence-corrected chi connectivity index (χ0v) is 9.51. The van der Waals surface area contributed by atoms with Crippen LogP contribution in [0.5, 0.6) is 0 Å². The van der Waals surface area contributed by atoms with Crippen molar-refractivity contribution in [3.63, 3.8) is 0 Å². The number of rotatable bonds is 1. The van der Waals surface area contributed by atoms with Crippen molar-refractivity contribution in [3.05, 3.63) is 53.7 Å². The number of pyridine rings is 1. The maximum Gasteiger partial charge on any atom is 0.168 e. The second-order valence-electron chi connectivity index (χ2n) is 3.94. The van der Waals surface area contributed by atoms with Gasteiger partial charge in [-0.05, 0) is 24.3 Å². The summed E-state index contributed by atoms with van der Waals surface area (Å²) in [7, 11) is 0. The minimum Gasteiger partial charge on any atom is -0.281 e. The summed E-state index contributed by atoms with van der Waals surface area (Å²) in [5, 5.41) is 16.6. The fourth-order valence-electron chi connectivity index (χ4n) is 1.84. The van der Waals surface area contributed by atoms with Crippen molar-refractivity contribution in [1.82, 2.24) is 14.6 Å². The van der Waals surface area contributed by atoms with Crippen LogP contribution in [-0.4, -0.2) is 14.6 Å². The monoisotopic (exact) mass is 256 g/mol. The Morgan fingerprint density at radius 1 is 1.05 bits per heavy atom. The van der Waals surface area contributed by atoms with Crippen molar-refractivity contribution in [1.29, 1.82) is 5.26 Å². The van der Waals surface area contributed by atoms with Gasteiger partial charge in [-0.25, -0.2) is 8.78 Å². The highest BCUT2D eigenvalue weighted by Crippen LogP contribution is 2.21. The lowest BCUT2D eigenvalue weighted by molar-refractivity contribution is 0.584. The molecule has 0 saturated carbocycles. The van der Waals surface area contributed by atoms with Crippen LogP contribution in [0, 0.1) is 23.0 Å². The Hall–Kier alpha value is -2.81. The molecule has 0 aliphatic rings. The maximum atomic E-state index is 13.2. The molecule has 0 radical (unpaired) electrons. The Morgan fingerprint density at radius 2 is 1.79 bits per heavy atom. The molecule has 6 heteroatoms. The molecule has 3 rings (SSSR count). The van der Waals surface area contributed by atoms with Crippen molar-refractivity contribution in [2.45, 2.75) is 0 Å². The van der Waals surface area contributed by atoms with Crippen LogP contribution in [0.3, 0.4) is 0 Å². The SMILES string of the molecule is N#Cc1ccc2nnc(-c3cc(F)cc(F)c3)n2c1. The first-order valence-electron chi connectivity index (χ1n) is 5.39. The standard InChI is InChI=1S/C13H6F2N4/c14-10-3-9(4-11(15)5-10)13-18-17-12-2-1-8(6-16)7-19(12)13/h1-5,7H. The van der Waals surface area contributed by atoms with E-state index in [0.717, 1.165) is 6.07 Å².